The van der Waals surface area contributed by atoms with Crippen LogP contribution in [0.1, 0.15) is 0 Å². The molecule has 0 aliphatic carbocycles. The van der Waals surface area contributed by atoms with Crippen LogP contribution in [0.15, 0.2) is 128 Å². The van der Waals surface area contributed by atoms with E-state index in [4.69, 9.17) is 9.97 Å². The zero-order valence-electron chi connectivity index (χ0n) is 21.4. The average molecular weight is 512 g/mol. The molecule has 0 saturated heterocycles. The largest absolute Gasteiger partial charge is 0.307 e. The van der Waals surface area contributed by atoms with Crippen LogP contribution in [0.25, 0.3) is 76.8 Å². The Labute approximate surface area is 228 Å². The highest BCUT2D eigenvalue weighted by molar-refractivity contribution is 6.35. The molecule has 40 heavy (non-hydrogen) atoms. The van der Waals surface area contributed by atoms with E-state index in [1.165, 1.54) is 0 Å². The van der Waals surface area contributed by atoms with Crippen LogP contribution < -0.4 is 0 Å². The van der Waals surface area contributed by atoms with Gasteiger partial charge in [0.25, 0.3) is 0 Å². The molecule has 186 valence electrons. The zero-order valence-corrected chi connectivity index (χ0v) is 21.4. The van der Waals surface area contributed by atoms with Gasteiger partial charge in [0.1, 0.15) is 12.1 Å². The van der Waals surface area contributed by atoms with E-state index in [-0.39, 0.29) is 0 Å². The molecule has 0 bridgehead atoms. The molecule has 0 atom stereocenters. The molecule has 4 aromatic heterocycles. The van der Waals surface area contributed by atoms with Crippen molar-refractivity contribution in [3.05, 3.63) is 128 Å². The van der Waals surface area contributed by atoms with Crippen LogP contribution in [0.3, 0.4) is 0 Å². The van der Waals surface area contributed by atoms with Gasteiger partial charge in [0.05, 0.1) is 27.6 Å². The minimum absolute atomic E-state index is 0.909. The van der Waals surface area contributed by atoms with Crippen molar-refractivity contribution in [1.29, 1.82) is 0 Å². The predicted molar refractivity (Wildman–Crippen MR) is 164 cm³/mol. The van der Waals surface area contributed by atoms with E-state index in [0.29, 0.717) is 0 Å². The number of benzene rings is 5. The maximum Gasteiger partial charge on any atom is 0.145 e. The highest BCUT2D eigenvalue weighted by Crippen LogP contribution is 2.46. The van der Waals surface area contributed by atoms with E-state index in [1.54, 1.807) is 6.33 Å². The van der Waals surface area contributed by atoms with E-state index in [1.807, 2.05) is 12.4 Å². The van der Waals surface area contributed by atoms with Gasteiger partial charge in [0.2, 0.25) is 0 Å². The first-order valence-electron chi connectivity index (χ1n) is 13.4. The smallest absolute Gasteiger partial charge is 0.145 e. The van der Waals surface area contributed by atoms with E-state index in [9.17, 15) is 0 Å². The summed E-state index contributed by atoms with van der Waals surface area (Å²) in [7, 11) is 0. The van der Waals surface area contributed by atoms with Crippen molar-refractivity contribution in [2.45, 2.75) is 0 Å². The molecular formula is C35H21N5. The van der Waals surface area contributed by atoms with Crippen LogP contribution in [0.2, 0.25) is 0 Å². The van der Waals surface area contributed by atoms with Crippen molar-refractivity contribution in [3.63, 3.8) is 0 Å². The highest BCUT2D eigenvalue weighted by atomic mass is 15.1. The minimum Gasteiger partial charge on any atom is -0.307 e. The number of para-hydroxylation sites is 3. The number of rotatable bonds is 2. The number of hydrogen-bond acceptors (Lipinski definition) is 3. The van der Waals surface area contributed by atoms with Crippen molar-refractivity contribution in [3.8, 4) is 11.5 Å². The molecule has 0 spiro atoms. The molecule has 5 nitrogen and oxygen atoms in total. The van der Waals surface area contributed by atoms with Crippen LogP contribution >= 0.6 is 0 Å². The summed E-state index contributed by atoms with van der Waals surface area (Å²) in [4.78, 5) is 14.4. The maximum atomic E-state index is 5.02. The van der Waals surface area contributed by atoms with Crippen LogP contribution in [-0.4, -0.2) is 24.1 Å². The van der Waals surface area contributed by atoms with E-state index in [0.717, 1.165) is 76.8 Å². The molecule has 4 heterocycles. The Hall–Kier alpha value is -5.55. The summed E-state index contributed by atoms with van der Waals surface area (Å²) < 4.78 is 4.73. The molecule has 0 aliphatic heterocycles. The fourth-order valence-electron chi connectivity index (χ4n) is 6.50. The number of aromatic nitrogens is 5. The summed E-state index contributed by atoms with van der Waals surface area (Å²) in [5.41, 5.74) is 6.51. The second-order valence-corrected chi connectivity index (χ2v) is 10.1. The summed E-state index contributed by atoms with van der Waals surface area (Å²) in [6, 6.07) is 38.4. The summed E-state index contributed by atoms with van der Waals surface area (Å²) in [6.45, 7) is 0. The van der Waals surface area contributed by atoms with Gasteiger partial charge in [-0.15, -0.1) is 0 Å². The third kappa shape index (κ3) is 2.73. The normalized spacial score (nSPS) is 12.0. The first kappa shape index (κ1) is 21.4. The molecule has 0 unspecified atom stereocenters. The van der Waals surface area contributed by atoms with Crippen LogP contribution in [0, 0.1) is 0 Å². The Kier molecular flexibility index (Phi) is 4.27. The molecule has 0 saturated carbocycles. The van der Waals surface area contributed by atoms with Crippen molar-refractivity contribution >= 4 is 65.3 Å². The molecule has 9 rings (SSSR count). The van der Waals surface area contributed by atoms with Gasteiger partial charge in [-0.2, -0.15) is 0 Å². The fraction of sp³-hybridized carbons (Fsp3) is 0. The Morgan fingerprint density at radius 2 is 1.15 bits per heavy atom. The molecule has 0 N–H and O–H groups in total. The van der Waals surface area contributed by atoms with Crippen LogP contribution in [-0.2, 0) is 0 Å². The standard InChI is InChI=1S/C35H21N5/c1-2-11-23(12-3-1)39-28-16-8-7-15-26(28)31-32-27(20-36-21-38-32)30-25-14-6-9-17-29(25)40(33(30)34(31)39)35-24-13-5-4-10-22(24)18-19-37-35/h1-21H. The minimum atomic E-state index is 0.909. The highest BCUT2D eigenvalue weighted by Gasteiger charge is 2.25. The second-order valence-electron chi connectivity index (χ2n) is 10.1. The van der Waals surface area contributed by atoms with E-state index in [2.05, 4.69) is 123 Å². The van der Waals surface area contributed by atoms with E-state index < -0.39 is 0 Å². The first-order chi connectivity index (χ1) is 19.9. The summed E-state index contributed by atoms with van der Waals surface area (Å²) in [6.07, 6.45) is 5.53. The first-order valence-corrected chi connectivity index (χ1v) is 13.4. The lowest BCUT2D eigenvalue weighted by Crippen LogP contribution is -2.01. The van der Waals surface area contributed by atoms with Crippen molar-refractivity contribution < 1.29 is 0 Å². The van der Waals surface area contributed by atoms with Gasteiger partial charge in [0, 0.05) is 50.4 Å². The Morgan fingerprint density at radius 3 is 1.98 bits per heavy atom. The third-order valence-corrected chi connectivity index (χ3v) is 8.07. The van der Waals surface area contributed by atoms with Gasteiger partial charge in [-0.05, 0) is 35.7 Å². The zero-order chi connectivity index (χ0) is 26.2. The molecule has 0 aliphatic rings. The molecule has 5 aromatic carbocycles. The van der Waals surface area contributed by atoms with Gasteiger partial charge < -0.3 is 4.57 Å². The summed E-state index contributed by atoms with van der Waals surface area (Å²) >= 11 is 0. The fourth-order valence-corrected chi connectivity index (χ4v) is 6.50. The molecule has 0 fully saturated rings. The Morgan fingerprint density at radius 1 is 0.500 bits per heavy atom. The van der Waals surface area contributed by atoms with Crippen LogP contribution in [0.5, 0.6) is 0 Å². The topological polar surface area (TPSA) is 48.5 Å². The monoisotopic (exact) mass is 511 g/mol. The average Bonchev–Trinajstić information content (AvgIpc) is 3.55. The molecule has 9 aromatic rings. The maximum absolute atomic E-state index is 5.02. The van der Waals surface area contributed by atoms with Crippen molar-refractivity contribution in [2.75, 3.05) is 0 Å². The summed E-state index contributed by atoms with van der Waals surface area (Å²) in [5, 5.41) is 7.86. The quantitative estimate of drug-likeness (QED) is 0.234. The van der Waals surface area contributed by atoms with Crippen molar-refractivity contribution in [1.82, 2.24) is 24.1 Å². The molecular weight excluding hydrogens is 490 g/mol. The predicted octanol–water partition coefficient (Wildman–Crippen LogP) is 8.37. The summed E-state index contributed by atoms with van der Waals surface area (Å²) in [5.74, 6) is 0.909. The number of fused-ring (bicyclic) bond motifs is 11. The second kappa shape index (κ2) is 7.98. The van der Waals surface area contributed by atoms with Crippen molar-refractivity contribution in [2.24, 2.45) is 0 Å². The SMILES string of the molecule is c1ccc(-n2c3ccccc3c3c4ncncc4c4c5ccccc5n(-c5nccc6ccccc56)c4c32)cc1. The van der Waals surface area contributed by atoms with E-state index >= 15 is 0 Å². The Bertz CT molecular complexity index is 2430. The van der Waals surface area contributed by atoms with Gasteiger partial charge in [-0.25, -0.2) is 15.0 Å². The lowest BCUT2D eigenvalue weighted by atomic mass is 10.0. The lowest BCUT2D eigenvalue weighted by molar-refractivity contribution is 1.09. The number of nitrogens with zero attached hydrogens (tertiary/aromatic N) is 5. The van der Waals surface area contributed by atoms with Gasteiger partial charge in [-0.3, -0.25) is 4.57 Å². The van der Waals surface area contributed by atoms with Gasteiger partial charge >= 0.3 is 0 Å². The van der Waals surface area contributed by atoms with Gasteiger partial charge in [0.15, 0.2) is 0 Å². The number of hydrogen-bond donors (Lipinski definition) is 0. The number of pyridine rings is 1. The molecule has 5 heteroatoms. The lowest BCUT2D eigenvalue weighted by Gasteiger charge is -2.14. The Balaban J connectivity index is 1.67. The third-order valence-electron chi connectivity index (χ3n) is 8.07. The molecule has 0 amide bonds. The molecule has 0 radical (unpaired) electrons. The van der Waals surface area contributed by atoms with Crippen LogP contribution in [0.4, 0.5) is 0 Å². The van der Waals surface area contributed by atoms with Gasteiger partial charge in [-0.1, -0.05) is 78.9 Å².